The van der Waals surface area contributed by atoms with E-state index < -0.39 is 41.5 Å². The molecule has 1 heterocycles. The number of aryl methyl sites for hydroxylation is 1. The standard InChI is InChI=1S/C28H24F3NO5/c29-28(30,31)23-16-19(17-6-2-1-3-7-17)11-10-18(23)12-13-24(33)22(27(36)37)14-15-32-25(34)20-8-4-5-9-21(20)26(32)35/h1-11,16,22,24,33H,12-15H2,(H,36,37). The van der Waals surface area contributed by atoms with Crippen LogP contribution in [0.1, 0.15) is 44.7 Å². The molecule has 0 spiro atoms. The molecular weight excluding hydrogens is 487 g/mol. The highest BCUT2D eigenvalue weighted by Crippen LogP contribution is 2.36. The molecule has 1 aliphatic heterocycles. The minimum absolute atomic E-state index is 0.0595. The lowest BCUT2D eigenvalue weighted by Gasteiger charge is -2.22. The Labute approximate surface area is 211 Å². The molecule has 0 radical (unpaired) electrons. The lowest BCUT2D eigenvalue weighted by atomic mass is 9.91. The maximum Gasteiger partial charge on any atom is 0.416 e. The van der Waals surface area contributed by atoms with Gasteiger partial charge in [-0.25, -0.2) is 0 Å². The smallest absolute Gasteiger partial charge is 0.416 e. The summed E-state index contributed by atoms with van der Waals surface area (Å²) in [6.45, 7) is -0.236. The van der Waals surface area contributed by atoms with E-state index in [1.165, 1.54) is 18.2 Å². The Hall–Kier alpha value is -3.98. The Morgan fingerprint density at radius 2 is 1.43 bits per heavy atom. The van der Waals surface area contributed by atoms with Gasteiger partial charge in [-0.1, -0.05) is 54.6 Å². The molecule has 2 amide bonds. The quantitative estimate of drug-likeness (QED) is 0.392. The number of imide groups is 1. The van der Waals surface area contributed by atoms with Gasteiger partial charge < -0.3 is 10.2 Å². The zero-order valence-electron chi connectivity index (χ0n) is 19.6. The maximum atomic E-state index is 13.8. The molecule has 6 nitrogen and oxygen atoms in total. The number of fused-ring (bicyclic) bond motifs is 1. The van der Waals surface area contributed by atoms with E-state index in [-0.39, 0.29) is 42.5 Å². The largest absolute Gasteiger partial charge is 0.481 e. The molecule has 192 valence electrons. The van der Waals surface area contributed by atoms with Gasteiger partial charge in [0.05, 0.1) is 28.7 Å². The first-order valence-electron chi connectivity index (χ1n) is 11.7. The van der Waals surface area contributed by atoms with E-state index in [1.807, 2.05) is 0 Å². The van der Waals surface area contributed by atoms with Gasteiger partial charge >= 0.3 is 12.1 Å². The number of hydrogen-bond acceptors (Lipinski definition) is 4. The zero-order chi connectivity index (χ0) is 26.7. The van der Waals surface area contributed by atoms with Crippen molar-refractivity contribution in [2.45, 2.75) is 31.5 Å². The molecule has 0 aromatic heterocycles. The predicted octanol–water partition coefficient (Wildman–Crippen LogP) is 5.05. The molecule has 4 rings (SSSR count). The average molecular weight is 511 g/mol. The van der Waals surface area contributed by atoms with Crippen LogP contribution in [0.2, 0.25) is 0 Å². The number of carbonyl (C=O) groups is 3. The van der Waals surface area contributed by atoms with Gasteiger partial charge in [0.2, 0.25) is 0 Å². The number of benzene rings is 3. The SMILES string of the molecule is O=C(O)C(CCN1C(=O)c2ccccc2C1=O)C(O)CCc1ccc(-c2ccccc2)cc1C(F)(F)F. The number of nitrogens with zero attached hydrogens (tertiary/aromatic N) is 1. The summed E-state index contributed by atoms with van der Waals surface area (Å²) < 4.78 is 41.4. The lowest BCUT2D eigenvalue weighted by molar-refractivity contribution is -0.146. The van der Waals surface area contributed by atoms with Crippen LogP contribution < -0.4 is 0 Å². The van der Waals surface area contributed by atoms with Crippen LogP contribution in [0.4, 0.5) is 13.2 Å². The van der Waals surface area contributed by atoms with E-state index in [0.717, 1.165) is 11.0 Å². The molecule has 0 bridgehead atoms. The number of aliphatic carboxylic acids is 1. The highest BCUT2D eigenvalue weighted by Gasteiger charge is 2.37. The van der Waals surface area contributed by atoms with Crippen molar-refractivity contribution in [3.63, 3.8) is 0 Å². The second-order valence-corrected chi connectivity index (χ2v) is 8.88. The fraction of sp³-hybridized carbons (Fsp3) is 0.250. The van der Waals surface area contributed by atoms with Crippen molar-refractivity contribution >= 4 is 17.8 Å². The summed E-state index contributed by atoms with van der Waals surface area (Å²) in [5.41, 5.74) is 0.548. The highest BCUT2D eigenvalue weighted by atomic mass is 19.4. The van der Waals surface area contributed by atoms with Crippen molar-refractivity contribution in [1.82, 2.24) is 4.90 Å². The van der Waals surface area contributed by atoms with Crippen molar-refractivity contribution in [1.29, 1.82) is 0 Å². The molecule has 37 heavy (non-hydrogen) atoms. The van der Waals surface area contributed by atoms with Gasteiger partial charge in [-0.05, 0) is 54.2 Å². The third kappa shape index (κ3) is 5.56. The summed E-state index contributed by atoms with van der Waals surface area (Å²) in [5.74, 6) is -3.83. The molecule has 1 aliphatic rings. The van der Waals surface area contributed by atoms with Crippen LogP contribution in [0, 0.1) is 5.92 Å². The van der Waals surface area contributed by atoms with Crippen LogP contribution in [0.25, 0.3) is 11.1 Å². The van der Waals surface area contributed by atoms with Crippen LogP contribution >= 0.6 is 0 Å². The molecule has 0 saturated carbocycles. The number of aliphatic hydroxyl groups is 1. The molecule has 3 aromatic rings. The average Bonchev–Trinajstić information content (AvgIpc) is 3.12. The summed E-state index contributed by atoms with van der Waals surface area (Å²) >= 11 is 0. The first-order valence-corrected chi connectivity index (χ1v) is 11.7. The van der Waals surface area contributed by atoms with Crippen molar-refractivity contribution in [2.75, 3.05) is 6.54 Å². The first kappa shape index (κ1) is 26.1. The number of halogens is 3. The van der Waals surface area contributed by atoms with Gasteiger partial charge in [0.15, 0.2) is 0 Å². The summed E-state index contributed by atoms with van der Waals surface area (Å²) in [7, 11) is 0. The molecule has 0 aliphatic carbocycles. The van der Waals surface area contributed by atoms with E-state index in [9.17, 15) is 37.8 Å². The van der Waals surface area contributed by atoms with Crippen LogP contribution in [0.3, 0.4) is 0 Å². The monoisotopic (exact) mass is 511 g/mol. The van der Waals surface area contributed by atoms with Gasteiger partial charge in [0.25, 0.3) is 11.8 Å². The molecule has 9 heteroatoms. The second kappa shape index (κ2) is 10.6. The van der Waals surface area contributed by atoms with Crippen molar-refractivity contribution < 1.29 is 37.8 Å². The highest BCUT2D eigenvalue weighted by molar-refractivity contribution is 6.21. The number of hydrogen-bond donors (Lipinski definition) is 2. The number of amides is 2. The van der Waals surface area contributed by atoms with Crippen LogP contribution in [0.15, 0.2) is 72.8 Å². The van der Waals surface area contributed by atoms with Crippen molar-refractivity contribution in [2.24, 2.45) is 5.92 Å². The van der Waals surface area contributed by atoms with Gasteiger partial charge in [-0.3, -0.25) is 19.3 Å². The molecule has 0 saturated heterocycles. The number of alkyl halides is 3. The third-order valence-corrected chi connectivity index (χ3v) is 6.56. The van der Waals surface area contributed by atoms with Crippen molar-refractivity contribution in [3.05, 3.63) is 95.1 Å². The number of rotatable bonds is 9. The van der Waals surface area contributed by atoms with E-state index in [1.54, 1.807) is 48.5 Å². The first-order chi connectivity index (χ1) is 17.6. The Bertz CT molecular complexity index is 1290. The number of aliphatic hydroxyl groups excluding tert-OH is 1. The summed E-state index contributed by atoms with van der Waals surface area (Å²) in [5, 5.41) is 20.2. The number of carbonyl (C=O) groups excluding carboxylic acids is 2. The van der Waals surface area contributed by atoms with Gasteiger partial charge in [0.1, 0.15) is 0 Å². The van der Waals surface area contributed by atoms with E-state index in [2.05, 4.69) is 0 Å². The topological polar surface area (TPSA) is 94.9 Å². The molecule has 2 unspecified atom stereocenters. The Kier molecular flexibility index (Phi) is 7.45. The number of carboxylic acid groups (broad SMARTS) is 1. The fourth-order valence-corrected chi connectivity index (χ4v) is 4.56. The lowest BCUT2D eigenvalue weighted by Crippen LogP contribution is -2.36. The summed E-state index contributed by atoms with van der Waals surface area (Å²) in [4.78, 5) is 37.8. The molecule has 0 fully saturated rings. The number of carboxylic acids is 1. The fourth-order valence-electron chi connectivity index (χ4n) is 4.56. The summed E-state index contributed by atoms with van der Waals surface area (Å²) in [6, 6.07) is 18.8. The van der Waals surface area contributed by atoms with Crippen molar-refractivity contribution in [3.8, 4) is 11.1 Å². The van der Waals surface area contributed by atoms with Gasteiger partial charge in [-0.2, -0.15) is 13.2 Å². The predicted molar refractivity (Wildman–Crippen MR) is 129 cm³/mol. The Morgan fingerprint density at radius 3 is 2.00 bits per heavy atom. The molecule has 3 aromatic carbocycles. The summed E-state index contributed by atoms with van der Waals surface area (Å²) in [6.07, 6.45) is -6.80. The van der Waals surface area contributed by atoms with Gasteiger partial charge in [-0.15, -0.1) is 0 Å². The van der Waals surface area contributed by atoms with Gasteiger partial charge in [0, 0.05) is 6.54 Å². The maximum absolute atomic E-state index is 13.8. The van der Waals surface area contributed by atoms with E-state index >= 15 is 0 Å². The Balaban J connectivity index is 1.45. The van der Waals surface area contributed by atoms with E-state index in [0.29, 0.717) is 11.1 Å². The zero-order valence-corrected chi connectivity index (χ0v) is 19.6. The molecule has 2 N–H and O–H groups in total. The normalized spacial score (nSPS) is 15.0. The van der Waals surface area contributed by atoms with Crippen LogP contribution in [-0.2, 0) is 17.4 Å². The Morgan fingerprint density at radius 1 is 0.838 bits per heavy atom. The molecule has 2 atom stereocenters. The van der Waals surface area contributed by atoms with E-state index in [4.69, 9.17) is 0 Å². The minimum Gasteiger partial charge on any atom is -0.481 e. The van der Waals surface area contributed by atoms with Crippen LogP contribution in [0.5, 0.6) is 0 Å². The van der Waals surface area contributed by atoms with Crippen LogP contribution in [-0.4, -0.2) is 45.5 Å². The second-order valence-electron chi connectivity index (χ2n) is 8.88. The minimum atomic E-state index is -4.64. The third-order valence-electron chi connectivity index (χ3n) is 6.56. The molecular formula is C28H24F3NO5.